The molecule has 1 unspecified atom stereocenters. The molecule has 1 saturated heterocycles. The minimum absolute atomic E-state index is 0.00961. The Bertz CT molecular complexity index is 1530. The van der Waals surface area contributed by atoms with Crippen LogP contribution in [0.3, 0.4) is 0 Å². The summed E-state index contributed by atoms with van der Waals surface area (Å²) >= 11 is 0. The number of pyridine rings is 1. The van der Waals surface area contributed by atoms with Crippen LogP contribution in [-0.2, 0) is 0 Å². The van der Waals surface area contributed by atoms with Crippen molar-refractivity contribution in [3.05, 3.63) is 65.3 Å². The fraction of sp³-hybridized carbons (Fsp3) is 0.379. The number of nitrogens with zero attached hydrogens (tertiary/aromatic N) is 5. The smallest absolute Gasteiger partial charge is 0.229 e. The molecule has 0 amide bonds. The minimum Gasteiger partial charge on any atom is -0.326 e. The van der Waals surface area contributed by atoms with E-state index in [-0.39, 0.29) is 23.2 Å². The first kappa shape index (κ1) is 24.6. The first-order valence-electron chi connectivity index (χ1n) is 13.1. The molecule has 0 bridgehead atoms. The summed E-state index contributed by atoms with van der Waals surface area (Å²) in [5.41, 5.74) is 4.16. The van der Waals surface area contributed by atoms with Gasteiger partial charge in [-0.2, -0.15) is 0 Å². The van der Waals surface area contributed by atoms with Crippen LogP contribution >= 0.6 is 0 Å². The zero-order chi connectivity index (χ0) is 26.4. The van der Waals surface area contributed by atoms with E-state index in [1.54, 1.807) is 6.07 Å². The number of fused-ring (bicyclic) bond motifs is 1. The van der Waals surface area contributed by atoms with Crippen molar-refractivity contribution in [1.82, 2.24) is 29.8 Å². The summed E-state index contributed by atoms with van der Waals surface area (Å²) in [6.45, 7) is 8.06. The van der Waals surface area contributed by atoms with Crippen LogP contribution < -0.4 is 10.6 Å². The van der Waals surface area contributed by atoms with Gasteiger partial charge < -0.3 is 15.2 Å². The van der Waals surface area contributed by atoms with E-state index in [0.717, 1.165) is 37.7 Å². The molecule has 1 atom stereocenters. The van der Waals surface area contributed by atoms with Gasteiger partial charge in [0.05, 0.1) is 11.7 Å². The Balaban J connectivity index is 1.24. The lowest BCUT2D eigenvalue weighted by Gasteiger charge is -2.19. The van der Waals surface area contributed by atoms with Gasteiger partial charge in [-0.1, -0.05) is 11.6 Å². The van der Waals surface area contributed by atoms with E-state index in [1.165, 1.54) is 24.5 Å². The van der Waals surface area contributed by atoms with Crippen molar-refractivity contribution in [2.24, 2.45) is 5.41 Å². The van der Waals surface area contributed by atoms with Crippen LogP contribution in [0.2, 0.25) is 0 Å². The summed E-state index contributed by atoms with van der Waals surface area (Å²) in [6.07, 6.45) is 9.94. The third kappa shape index (κ3) is 4.55. The summed E-state index contributed by atoms with van der Waals surface area (Å²) < 4.78 is 31.7. The van der Waals surface area contributed by atoms with Gasteiger partial charge in [-0.25, -0.2) is 28.7 Å². The van der Waals surface area contributed by atoms with Crippen LogP contribution in [0, 0.1) is 24.0 Å². The average Bonchev–Trinajstić information content (AvgIpc) is 3.60. The summed E-state index contributed by atoms with van der Waals surface area (Å²) in [5.74, 6) is 0.271. The number of rotatable bonds is 5. The van der Waals surface area contributed by atoms with Gasteiger partial charge in [0, 0.05) is 24.3 Å². The first-order chi connectivity index (χ1) is 18.3. The number of nitrogens with one attached hydrogen (secondary N) is 2. The molecular formula is C29H31F2N7. The van der Waals surface area contributed by atoms with Crippen LogP contribution in [0.5, 0.6) is 0 Å². The molecule has 1 aromatic carbocycles. The summed E-state index contributed by atoms with van der Waals surface area (Å²) in [7, 11) is 0. The Morgan fingerprint density at radius 3 is 2.68 bits per heavy atom. The number of imidazole rings is 1. The highest BCUT2D eigenvalue weighted by atomic mass is 19.1. The second-order valence-electron chi connectivity index (χ2n) is 10.8. The molecule has 2 fully saturated rings. The number of halogens is 2. The number of aromatic nitrogens is 5. The molecule has 1 aliphatic heterocycles. The highest BCUT2D eigenvalue weighted by Crippen LogP contribution is 2.46. The molecular weight excluding hydrogens is 484 g/mol. The van der Waals surface area contributed by atoms with Crippen molar-refractivity contribution in [3.63, 3.8) is 0 Å². The van der Waals surface area contributed by atoms with Gasteiger partial charge in [0.1, 0.15) is 22.9 Å². The fourth-order valence-corrected chi connectivity index (χ4v) is 5.97. The molecule has 6 rings (SSSR count). The Morgan fingerprint density at radius 2 is 1.95 bits per heavy atom. The molecule has 1 spiro atoms. The lowest BCUT2D eigenvalue weighted by molar-refractivity contribution is 0.343. The number of benzene rings is 1. The Hall–Kier alpha value is -3.72. The van der Waals surface area contributed by atoms with Crippen molar-refractivity contribution in [1.29, 1.82) is 0 Å². The van der Waals surface area contributed by atoms with Crippen molar-refractivity contribution in [2.75, 3.05) is 18.4 Å². The Labute approximate surface area is 220 Å². The van der Waals surface area contributed by atoms with Crippen molar-refractivity contribution in [3.8, 4) is 11.3 Å². The Kier molecular flexibility index (Phi) is 6.18. The standard InChI is InChI=1S/C29H31F2N7/c1-17(2)38-18(3)35-27-22(30)11-21(12-24(27)38)26-23(31)15-34-28(37-26)36-25-5-4-20(14-33-25)10-19-6-7-29(13-19)8-9-32-16-29/h4-5,10-12,14-15,17,32H,6-9,13,16H2,1-3H3,(H,33,34,36,37)/b19-10-. The van der Waals surface area contributed by atoms with Crippen LogP contribution in [0.1, 0.15) is 57.0 Å². The highest BCUT2D eigenvalue weighted by molar-refractivity contribution is 5.83. The van der Waals surface area contributed by atoms with E-state index >= 15 is 0 Å². The lowest BCUT2D eigenvalue weighted by atomic mass is 9.85. The molecule has 1 saturated carbocycles. The van der Waals surface area contributed by atoms with Gasteiger partial charge in [0.25, 0.3) is 0 Å². The van der Waals surface area contributed by atoms with Gasteiger partial charge in [0.15, 0.2) is 11.6 Å². The molecule has 7 nitrogen and oxygen atoms in total. The number of aryl methyl sites for hydroxylation is 1. The van der Waals surface area contributed by atoms with E-state index in [9.17, 15) is 8.78 Å². The summed E-state index contributed by atoms with van der Waals surface area (Å²) in [6, 6.07) is 6.92. The molecule has 0 radical (unpaired) electrons. The van der Waals surface area contributed by atoms with E-state index in [2.05, 4.69) is 36.6 Å². The molecule has 2 N–H and O–H groups in total. The summed E-state index contributed by atoms with van der Waals surface area (Å²) in [5, 5.41) is 6.55. The van der Waals surface area contributed by atoms with Gasteiger partial charge in [0.2, 0.25) is 5.95 Å². The van der Waals surface area contributed by atoms with Gasteiger partial charge >= 0.3 is 0 Å². The van der Waals surface area contributed by atoms with E-state index in [1.807, 2.05) is 43.7 Å². The average molecular weight is 516 g/mol. The SMILES string of the molecule is Cc1nc2c(F)cc(-c3nc(Nc4ccc(/C=C5/CCC6(CCNC6)C5)cn4)ncc3F)cc2n1C(C)C. The van der Waals surface area contributed by atoms with Crippen molar-refractivity contribution < 1.29 is 8.78 Å². The molecule has 38 heavy (non-hydrogen) atoms. The maximum absolute atomic E-state index is 15.0. The Morgan fingerprint density at radius 1 is 1.08 bits per heavy atom. The largest absolute Gasteiger partial charge is 0.326 e. The molecule has 1 aliphatic carbocycles. The molecule has 9 heteroatoms. The van der Waals surface area contributed by atoms with Crippen LogP contribution in [0.4, 0.5) is 20.5 Å². The number of hydrogen-bond acceptors (Lipinski definition) is 6. The van der Waals surface area contributed by atoms with E-state index < -0.39 is 11.6 Å². The first-order valence-corrected chi connectivity index (χ1v) is 13.1. The third-order valence-electron chi connectivity index (χ3n) is 7.77. The lowest BCUT2D eigenvalue weighted by Crippen LogP contribution is -2.19. The van der Waals surface area contributed by atoms with Gasteiger partial charge in [-0.3, -0.25) is 0 Å². The predicted octanol–water partition coefficient (Wildman–Crippen LogP) is 6.35. The van der Waals surface area contributed by atoms with Crippen LogP contribution in [0.15, 0.2) is 42.2 Å². The molecule has 4 heterocycles. The maximum Gasteiger partial charge on any atom is 0.229 e. The highest BCUT2D eigenvalue weighted by Gasteiger charge is 2.38. The fourth-order valence-electron chi connectivity index (χ4n) is 5.97. The monoisotopic (exact) mass is 515 g/mol. The van der Waals surface area contributed by atoms with E-state index in [0.29, 0.717) is 28.1 Å². The van der Waals surface area contributed by atoms with Gasteiger partial charge in [-0.05, 0) is 88.2 Å². The van der Waals surface area contributed by atoms with Crippen molar-refractivity contribution in [2.45, 2.75) is 52.5 Å². The summed E-state index contributed by atoms with van der Waals surface area (Å²) in [4.78, 5) is 17.3. The second-order valence-corrected chi connectivity index (χ2v) is 10.8. The topological polar surface area (TPSA) is 80.6 Å². The minimum atomic E-state index is -0.636. The predicted molar refractivity (Wildman–Crippen MR) is 145 cm³/mol. The quantitative estimate of drug-likeness (QED) is 0.323. The normalized spacial score (nSPS) is 20.4. The van der Waals surface area contributed by atoms with Crippen molar-refractivity contribution >= 4 is 28.9 Å². The zero-order valence-corrected chi connectivity index (χ0v) is 21.9. The molecule has 3 aromatic heterocycles. The van der Waals surface area contributed by atoms with Crippen LogP contribution in [0.25, 0.3) is 28.4 Å². The molecule has 196 valence electrons. The zero-order valence-electron chi connectivity index (χ0n) is 21.9. The second kappa shape index (κ2) is 9.54. The van der Waals surface area contributed by atoms with Crippen LogP contribution in [-0.4, -0.2) is 37.6 Å². The number of allylic oxidation sites excluding steroid dienone is 1. The molecule has 2 aliphatic rings. The number of hydrogen-bond donors (Lipinski definition) is 2. The molecule has 4 aromatic rings. The van der Waals surface area contributed by atoms with Gasteiger partial charge in [-0.15, -0.1) is 0 Å². The number of anilines is 2. The third-order valence-corrected chi connectivity index (χ3v) is 7.77. The maximum atomic E-state index is 15.0. The van der Waals surface area contributed by atoms with E-state index in [4.69, 9.17) is 0 Å².